The Morgan fingerprint density at radius 1 is 0.833 bits per heavy atom. The van der Waals surface area contributed by atoms with E-state index in [9.17, 15) is 4.79 Å². The molecule has 5 heteroatoms. The Hall–Kier alpha value is -2.37. The number of piperazine rings is 1. The number of fused-ring (bicyclic) bond motifs is 1. The highest BCUT2D eigenvalue weighted by Crippen LogP contribution is 2.14. The number of oxazole rings is 1. The molecule has 1 aliphatic heterocycles. The maximum Gasteiger partial charge on any atom is 0.421 e. The van der Waals surface area contributed by atoms with Crippen LogP contribution in [0.4, 0.5) is 0 Å². The molecule has 0 N–H and O–H groups in total. The van der Waals surface area contributed by atoms with Crippen molar-refractivity contribution in [3.05, 3.63) is 70.7 Å². The summed E-state index contributed by atoms with van der Waals surface area (Å²) < 4.78 is 7.04. The van der Waals surface area contributed by atoms with Gasteiger partial charge in [0.15, 0.2) is 5.58 Å². The fourth-order valence-electron chi connectivity index (χ4n) is 3.28. The minimum atomic E-state index is -0.275. The van der Waals surface area contributed by atoms with Crippen molar-refractivity contribution in [2.24, 2.45) is 0 Å². The molecule has 1 aromatic heterocycles. The van der Waals surface area contributed by atoms with Crippen LogP contribution in [0.2, 0.25) is 0 Å². The summed E-state index contributed by atoms with van der Waals surface area (Å²) in [5.41, 5.74) is 2.88. The lowest BCUT2D eigenvalue weighted by Gasteiger charge is -2.34. The first kappa shape index (κ1) is 15.2. The van der Waals surface area contributed by atoms with Gasteiger partial charge in [-0.15, -0.1) is 0 Å². The highest BCUT2D eigenvalue weighted by atomic mass is 16.4. The predicted molar refractivity (Wildman–Crippen MR) is 93.8 cm³/mol. The van der Waals surface area contributed by atoms with Crippen molar-refractivity contribution >= 4 is 11.1 Å². The van der Waals surface area contributed by atoms with E-state index >= 15 is 0 Å². The SMILES string of the molecule is O=c1oc2ccccc2n1CN1CCN(Cc2ccccc2)CC1. The van der Waals surface area contributed by atoms with Gasteiger partial charge in [-0.3, -0.25) is 14.4 Å². The van der Waals surface area contributed by atoms with Crippen molar-refractivity contribution in [3.8, 4) is 0 Å². The topological polar surface area (TPSA) is 41.6 Å². The lowest BCUT2D eigenvalue weighted by molar-refractivity contribution is 0.102. The van der Waals surface area contributed by atoms with Crippen molar-refractivity contribution in [3.63, 3.8) is 0 Å². The van der Waals surface area contributed by atoms with Gasteiger partial charge in [-0.25, -0.2) is 4.79 Å². The van der Waals surface area contributed by atoms with E-state index < -0.39 is 0 Å². The summed E-state index contributed by atoms with van der Waals surface area (Å²) in [6.07, 6.45) is 0. The third-order valence-corrected chi connectivity index (χ3v) is 4.63. The van der Waals surface area contributed by atoms with Crippen LogP contribution < -0.4 is 5.76 Å². The second-order valence-electron chi connectivity index (χ2n) is 6.28. The molecular formula is C19H21N3O2. The van der Waals surface area contributed by atoms with E-state index in [1.807, 2.05) is 24.3 Å². The number of aromatic nitrogens is 1. The largest absolute Gasteiger partial charge is 0.421 e. The molecule has 1 fully saturated rings. The molecule has 24 heavy (non-hydrogen) atoms. The normalized spacial score (nSPS) is 16.7. The van der Waals surface area contributed by atoms with E-state index in [1.165, 1.54) is 5.56 Å². The number of benzene rings is 2. The maximum absolute atomic E-state index is 12.1. The molecular weight excluding hydrogens is 302 g/mol. The molecule has 5 nitrogen and oxygen atoms in total. The highest BCUT2D eigenvalue weighted by molar-refractivity contribution is 5.72. The van der Waals surface area contributed by atoms with Crippen LogP contribution in [0.5, 0.6) is 0 Å². The van der Waals surface area contributed by atoms with Crippen molar-refractivity contribution in [1.82, 2.24) is 14.4 Å². The third-order valence-electron chi connectivity index (χ3n) is 4.63. The van der Waals surface area contributed by atoms with Gasteiger partial charge in [0.2, 0.25) is 0 Å². The third kappa shape index (κ3) is 3.13. The van der Waals surface area contributed by atoms with Crippen molar-refractivity contribution in [2.75, 3.05) is 26.2 Å². The molecule has 2 aromatic carbocycles. The molecule has 2 heterocycles. The van der Waals surface area contributed by atoms with E-state index in [0.29, 0.717) is 12.3 Å². The molecule has 0 radical (unpaired) electrons. The number of nitrogens with zero attached hydrogens (tertiary/aromatic N) is 3. The molecule has 0 saturated carbocycles. The van der Waals surface area contributed by atoms with Gasteiger partial charge in [-0.05, 0) is 17.7 Å². The molecule has 0 bridgehead atoms. The molecule has 0 spiro atoms. The number of rotatable bonds is 4. The Kier molecular flexibility index (Phi) is 4.19. The summed E-state index contributed by atoms with van der Waals surface area (Å²) in [6, 6.07) is 18.2. The fraction of sp³-hybridized carbons (Fsp3) is 0.316. The van der Waals surface area contributed by atoms with E-state index in [2.05, 4.69) is 40.1 Å². The number of hydrogen-bond donors (Lipinski definition) is 0. The molecule has 1 aliphatic rings. The summed E-state index contributed by atoms with van der Waals surface area (Å²) in [5, 5.41) is 0. The van der Waals surface area contributed by atoms with Gasteiger partial charge in [0.25, 0.3) is 0 Å². The van der Waals surface area contributed by atoms with E-state index in [1.54, 1.807) is 4.57 Å². The van der Waals surface area contributed by atoms with Crippen molar-refractivity contribution in [2.45, 2.75) is 13.2 Å². The van der Waals surface area contributed by atoms with E-state index in [4.69, 9.17) is 4.42 Å². The Morgan fingerprint density at radius 3 is 2.29 bits per heavy atom. The molecule has 1 saturated heterocycles. The second kappa shape index (κ2) is 6.63. The number of para-hydroxylation sites is 2. The zero-order valence-corrected chi connectivity index (χ0v) is 13.6. The molecule has 0 atom stereocenters. The molecule has 0 amide bonds. The first-order chi connectivity index (χ1) is 11.8. The summed E-state index contributed by atoms with van der Waals surface area (Å²) in [6.45, 7) is 5.52. The Morgan fingerprint density at radius 2 is 1.50 bits per heavy atom. The van der Waals surface area contributed by atoms with Gasteiger partial charge in [0, 0.05) is 32.7 Å². The van der Waals surface area contributed by atoms with Crippen LogP contribution in [0.15, 0.2) is 63.8 Å². The van der Waals surface area contributed by atoms with Crippen LogP contribution in [0.25, 0.3) is 11.1 Å². The second-order valence-corrected chi connectivity index (χ2v) is 6.28. The first-order valence-electron chi connectivity index (χ1n) is 8.36. The maximum atomic E-state index is 12.1. The Balaban J connectivity index is 1.39. The predicted octanol–water partition coefficient (Wildman–Crippen LogP) is 2.37. The van der Waals surface area contributed by atoms with Crippen LogP contribution in [0, 0.1) is 0 Å². The van der Waals surface area contributed by atoms with Gasteiger partial charge in [0.05, 0.1) is 12.2 Å². The Bertz CT molecular complexity index is 861. The monoisotopic (exact) mass is 323 g/mol. The van der Waals surface area contributed by atoms with Crippen molar-refractivity contribution < 1.29 is 4.42 Å². The average Bonchev–Trinajstić information content (AvgIpc) is 2.93. The standard InChI is InChI=1S/C19H21N3O2/c23-19-22(17-8-4-5-9-18(17)24-19)15-21-12-10-20(11-13-21)14-16-6-2-1-3-7-16/h1-9H,10-15H2. The van der Waals surface area contributed by atoms with Crippen LogP contribution in [-0.2, 0) is 13.2 Å². The zero-order valence-electron chi connectivity index (χ0n) is 13.6. The van der Waals surface area contributed by atoms with Gasteiger partial charge in [0.1, 0.15) is 0 Å². The van der Waals surface area contributed by atoms with Crippen LogP contribution in [-0.4, -0.2) is 40.5 Å². The van der Waals surface area contributed by atoms with E-state index in [-0.39, 0.29) is 5.76 Å². The molecule has 124 valence electrons. The molecule has 3 aromatic rings. The summed E-state index contributed by atoms with van der Waals surface area (Å²) in [5.74, 6) is -0.275. The summed E-state index contributed by atoms with van der Waals surface area (Å²) in [4.78, 5) is 16.8. The smallest absolute Gasteiger partial charge is 0.408 e. The molecule has 0 aliphatic carbocycles. The average molecular weight is 323 g/mol. The fourth-order valence-corrected chi connectivity index (χ4v) is 3.28. The minimum absolute atomic E-state index is 0.275. The first-order valence-corrected chi connectivity index (χ1v) is 8.36. The lowest BCUT2D eigenvalue weighted by Crippen LogP contribution is -2.47. The van der Waals surface area contributed by atoms with Gasteiger partial charge in [-0.2, -0.15) is 0 Å². The highest BCUT2D eigenvalue weighted by Gasteiger charge is 2.19. The minimum Gasteiger partial charge on any atom is -0.408 e. The number of hydrogen-bond acceptors (Lipinski definition) is 4. The molecule has 0 unspecified atom stereocenters. The Labute approximate surface area is 140 Å². The van der Waals surface area contributed by atoms with E-state index in [0.717, 1.165) is 38.2 Å². The lowest BCUT2D eigenvalue weighted by atomic mass is 10.2. The molecule has 4 rings (SSSR count). The quantitative estimate of drug-likeness (QED) is 0.739. The summed E-state index contributed by atoms with van der Waals surface area (Å²) >= 11 is 0. The van der Waals surface area contributed by atoms with Gasteiger partial charge < -0.3 is 4.42 Å². The van der Waals surface area contributed by atoms with Gasteiger partial charge in [-0.1, -0.05) is 42.5 Å². The van der Waals surface area contributed by atoms with Crippen LogP contribution in [0.1, 0.15) is 5.56 Å². The van der Waals surface area contributed by atoms with Crippen LogP contribution in [0.3, 0.4) is 0 Å². The summed E-state index contributed by atoms with van der Waals surface area (Å²) in [7, 11) is 0. The van der Waals surface area contributed by atoms with Crippen molar-refractivity contribution in [1.29, 1.82) is 0 Å². The van der Waals surface area contributed by atoms with Crippen LogP contribution >= 0.6 is 0 Å². The zero-order chi connectivity index (χ0) is 16.4. The van der Waals surface area contributed by atoms with Gasteiger partial charge >= 0.3 is 5.76 Å².